The van der Waals surface area contributed by atoms with Crippen molar-refractivity contribution in [3.05, 3.63) is 82.9 Å². The lowest BCUT2D eigenvalue weighted by molar-refractivity contribution is -0.144. The van der Waals surface area contributed by atoms with Crippen molar-refractivity contribution < 1.29 is 27.4 Å². The molecule has 3 aromatic rings. The van der Waals surface area contributed by atoms with Gasteiger partial charge >= 0.3 is 5.97 Å². The fourth-order valence-corrected chi connectivity index (χ4v) is 5.90. The molecule has 206 valence electrons. The van der Waals surface area contributed by atoms with Gasteiger partial charge in [0, 0.05) is 24.3 Å². The van der Waals surface area contributed by atoms with E-state index in [1.165, 1.54) is 34.1 Å². The summed E-state index contributed by atoms with van der Waals surface area (Å²) in [5.74, 6) is 1.84. The fourth-order valence-electron chi connectivity index (χ4n) is 5.26. The molecule has 0 bridgehead atoms. The van der Waals surface area contributed by atoms with Crippen molar-refractivity contribution in [1.82, 2.24) is 0 Å². The quantitative estimate of drug-likeness (QED) is 0.231. The third kappa shape index (κ3) is 7.01. The van der Waals surface area contributed by atoms with E-state index in [1.54, 1.807) is 0 Å². The summed E-state index contributed by atoms with van der Waals surface area (Å²) in [6.45, 7) is 3.23. The maximum atomic E-state index is 12.0. The summed E-state index contributed by atoms with van der Waals surface area (Å²) in [5.41, 5.74) is 7.29. The van der Waals surface area contributed by atoms with Crippen LogP contribution in [0.1, 0.15) is 47.9 Å². The van der Waals surface area contributed by atoms with Crippen LogP contribution >= 0.6 is 0 Å². The van der Waals surface area contributed by atoms with E-state index in [0.29, 0.717) is 37.9 Å². The van der Waals surface area contributed by atoms with Crippen molar-refractivity contribution in [3.63, 3.8) is 0 Å². The maximum absolute atomic E-state index is 12.0. The van der Waals surface area contributed by atoms with E-state index in [1.807, 2.05) is 25.1 Å². The van der Waals surface area contributed by atoms with Gasteiger partial charge in [-0.3, -0.25) is 4.79 Å². The molecule has 39 heavy (non-hydrogen) atoms. The van der Waals surface area contributed by atoms with Crippen LogP contribution in [0.5, 0.6) is 11.5 Å². The largest absolute Gasteiger partial charge is 0.493 e. The Morgan fingerprint density at radius 3 is 2.51 bits per heavy atom. The van der Waals surface area contributed by atoms with Gasteiger partial charge in [0.05, 0.1) is 31.5 Å². The summed E-state index contributed by atoms with van der Waals surface area (Å²) in [4.78, 5) is 12.0. The summed E-state index contributed by atoms with van der Waals surface area (Å²) >= 11 is 0. The number of sulfone groups is 1. The zero-order valence-corrected chi connectivity index (χ0v) is 23.5. The summed E-state index contributed by atoms with van der Waals surface area (Å²) < 4.78 is 39.7. The van der Waals surface area contributed by atoms with E-state index in [4.69, 9.17) is 14.2 Å². The van der Waals surface area contributed by atoms with Gasteiger partial charge in [-0.1, -0.05) is 42.5 Å². The molecule has 1 saturated carbocycles. The zero-order valence-electron chi connectivity index (χ0n) is 22.6. The number of fused-ring (bicyclic) bond motifs is 3. The number of benzene rings is 3. The van der Waals surface area contributed by atoms with E-state index in [-0.39, 0.29) is 17.6 Å². The molecule has 1 fully saturated rings. The van der Waals surface area contributed by atoms with Crippen molar-refractivity contribution in [2.75, 3.05) is 31.8 Å². The zero-order chi connectivity index (χ0) is 27.4. The molecule has 0 N–H and O–H groups in total. The molecule has 6 nitrogen and oxygen atoms in total. The monoisotopic (exact) mass is 548 g/mol. The van der Waals surface area contributed by atoms with Crippen LogP contribution < -0.4 is 9.47 Å². The predicted molar refractivity (Wildman–Crippen MR) is 152 cm³/mol. The van der Waals surface area contributed by atoms with Gasteiger partial charge in [-0.2, -0.15) is 0 Å². The van der Waals surface area contributed by atoms with Crippen molar-refractivity contribution in [2.45, 2.75) is 44.9 Å². The Morgan fingerprint density at radius 2 is 1.74 bits per heavy atom. The highest BCUT2D eigenvalue weighted by Gasteiger charge is 2.45. The van der Waals surface area contributed by atoms with E-state index in [0.717, 1.165) is 37.0 Å². The van der Waals surface area contributed by atoms with Gasteiger partial charge < -0.3 is 14.2 Å². The highest BCUT2D eigenvalue weighted by Crippen LogP contribution is 2.48. The number of aryl methyl sites for hydroxylation is 2. The Balaban J connectivity index is 1.22. The average Bonchev–Trinajstić information content (AvgIpc) is 3.73. The number of esters is 1. The van der Waals surface area contributed by atoms with Crippen LogP contribution in [0.3, 0.4) is 0 Å². The van der Waals surface area contributed by atoms with Crippen molar-refractivity contribution in [1.29, 1.82) is 0 Å². The summed E-state index contributed by atoms with van der Waals surface area (Å²) in [5, 5.41) is 0. The number of ether oxygens (including phenoxy) is 3. The average molecular weight is 549 g/mol. The minimum atomic E-state index is -2.99. The lowest BCUT2D eigenvalue weighted by atomic mass is 9.93. The van der Waals surface area contributed by atoms with E-state index >= 15 is 0 Å². The first-order valence-electron chi connectivity index (χ1n) is 13.8. The normalized spacial score (nSPS) is 17.8. The van der Waals surface area contributed by atoms with Gasteiger partial charge in [0.25, 0.3) is 0 Å². The van der Waals surface area contributed by atoms with Gasteiger partial charge in [-0.25, -0.2) is 8.42 Å². The molecule has 1 heterocycles. The number of hydrogen-bond acceptors (Lipinski definition) is 6. The molecule has 0 aromatic heterocycles. The number of carbonyl (C=O) groups excluding carboxylic acids is 1. The Labute approximate surface area is 231 Å². The van der Waals surface area contributed by atoms with Gasteiger partial charge in [0.15, 0.2) is 0 Å². The van der Waals surface area contributed by atoms with Crippen LogP contribution in [-0.2, 0) is 38.6 Å². The molecule has 0 radical (unpaired) electrons. The van der Waals surface area contributed by atoms with Crippen LogP contribution in [-0.4, -0.2) is 46.2 Å². The molecule has 0 saturated heterocycles. The molecule has 1 aliphatic heterocycles. The number of carbonyl (C=O) groups is 1. The van der Waals surface area contributed by atoms with Crippen LogP contribution in [0.2, 0.25) is 0 Å². The Bertz CT molecular complexity index is 1430. The third-order valence-corrected chi connectivity index (χ3v) is 8.49. The molecular weight excluding hydrogens is 512 g/mol. The first-order chi connectivity index (χ1) is 18.8. The van der Waals surface area contributed by atoms with Gasteiger partial charge in [0.1, 0.15) is 21.3 Å². The van der Waals surface area contributed by atoms with E-state index in [9.17, 15) is 13.2 Å². The second-order valence-electron chi connectivity index (χ2n) is 10.5. The molecule has 5 rings (SSSR count). The second kappa shape index (κ2) is 11.8. The summed E-state index contributed by atoms with van der Waals surface area (Å²) in [6, 6.07) is 21.3. The maximum Gasteiger partial charge on any atom is 0.309 e. The van der Waals surface area contributed by atoms with Crippen LogP contribution in [0.25, 0.3) is 11.1 Å². The lowest BCUT2D eigenvalue weighted by Crippen LogP contribution is -2.08. The van der Waals surface area contributed by atoms with E-state index < -0.39 is 9.84 Å². The molecule has 2 atom stereocenters. The van der Waals surface area contributed by atoms with Gasteiger partial charge in [-0.15, -0.1) is 0 Å². The van der Waals surface area contributed by atoms with Crippen molar-refractivity contribution >= 4 is 15.8 Å². The molecule has 7 heteroatoms. The van der Waals surface area contributed by atoms with Crippen LogP contribution in [0.15, 0.2) is 60.7 Å². The summed E-state index contributed by atoms with van der Waals surface area (Å²) in [6.07, 6.45) is 5.29. The molecule has 2 aliphatic rings. The molecule has 0 amide bonds. The second-order valence-corrected chi connectivity index (χ2v) is 12.8. The minimum Gasteiger partial charge on any atom is -0.493 e. The van der Waals surface area contributed by atoms with E-state index in [2.05, 4.69) is 42.5 Å². The van der Waals surface area contributed by atoms with Crippen molar-refractivity contribution in [2.24, 2.45) is 5.92 Å². The fraction of sp³-hybridized carbons (Fsp3) is 0.406. The highest BCUT2D eigenvalue weighted by atomic mass is 32.2. The van der Waals surface area contributed by atoms with Gasteiger partial charge in [0.2, 0.25) is 0 Å². The molecule has 0 unspecified atom stereocenters. The lowest BCUT2D eigenvalue weighted by Gasteiger charge is -2.13. The molecule has 0 spiro atoms. The Morgan fingerprint density at radius 1 is 0.974 bits per heavy atom. The minimum absolute atomic E-state index is 0.0183. The highest BCUT2D eigenvalue weighted by molar-refractivity contribution is 7.90. The molecular formula is C32H36O6S. The standard InChI is InChI=1S/C32H36O6S/c1-3-36-32(33)30-21-29(30)24-10-7-22(8-11-24)5-6-23-9-12-25-15-17-38-31-20-26(13-14-27(31)28(25)19-23)37-16-4-18-39(2,34)35/h7-14,19-20,29-30H,3-6,15-18,21H2,1-2H3/t29-,30+/m1/s1. The Kier molecular flexibility index (Phi) is 8.26. The first-order valence-corrected chi connectivity index (χ1v) is 15.8. The van der Waals surface area contributed by atoms with Crippen LogP contribution in [0, 0.1) is 5.92 Å². The topological polar surface area (TPSA) is 78.9 Å². The van der Waals surface area contributed by atoms with Crippen molar-refractivity contribution in [3.8, 4) is 22.6 Å². The molecule has 1 aliphatic carbocycles. The smallest absolute Gasteiger partial charge is 0.309 e. The van der Waals surface area contributed by atoms with Gasteiger partial charge in [-0.05, 0) is 78.5 Å². The summed E-state index contributed by atoms with van der Waals surface area (Å²) in [7, 11) is -2.99. The number of hydrogen-bond donors (Lipinski definition) is 0. The third-order valence-electron chi connectivity index (χ3n) is 7.46. The Hall–Kier alpha value is -3.32. The number of rotatable bonds is 11. The predicted octanol–water partition coefficient (Wildman–Crippen LogP) is 5.55. The first kappa shape index (κ1) is 27.3. The van der Waals surface area contributed by atoms with Crippen LogP contribution in [0.4, 0.5) is 0 Å². The molecule has 3 aromatic carbocycles. The SMILES string of the molecule is CCOC(=O)[C@H]1C[C@@H]1c1ccc(CCc2ccc3c(c2)-c2ccc(OCCCS(C)(=O)=O)cc2OCC3)cc1.